The second-order valence-electron chi connectivity index (χ2n) is 8.60. The molecule has 2 heterocycles. The largest absolute Gasteiger partial charge is 0.507 e. The molecule has 204 valence electrons. The minimum atomic E-state index is -1.06. The first-order valence-electron chi connectivity index (χ1n) is 12.0. The Hall–Kier alpha value is -3.57. The van der Waals surface area contributed by atoms with E-state index in [0.29, 0.717) is 31.3 Å². The van der Waals surface area contributed by atoms with Crippen molar-refractivity contribution in [2.24, 2.45) is 0 Å². The average molecular weight is 615 g/mol. The number of carbonyl (C=O) groups is 2. The molecule has 2 N–H and O–H groups in total. The maximum atomic E-state index is 13.4. The highest BCUT2D eigenvalue weighted by molar-refractivity contribution is 8.00. The number of carbonyl (C=O) groups excluding carboxylic acids is 2. The molecule has 1 aliphatic heterocycles. The molecule has 1 aliphatic rings. The molecule has 3 aromatic carbocycles. The molecule has 40 heavy (non-hydrogen) atoms. The number of hydrogen-bond donors (Lipinski definition) is 2. The minimum Gasteiger partial charge on any atom is -0.507 e. The van der Waals surface area contributed by atoms with Crippen LogP contribution in [0.15, 0.2) is 76.6 Å². The predicted molar refractivity (Wildman–Crippen MR) is 156 cm³/mol. The summed E-state index contributed by atoms with van der Waals surface area (Å²) in [5.74, 6) is -1.44. The number of phenolic OH excluding ortho intramolecular Hbond substituents is 1. The first kappa shape index (κ1) is 28.0. The number of rotatable bonds is 8. The topological polar surface area (TPSA) is 113 Å². The molecule has 1 aromatic heterocycles. The molecule has 0 aliphatic carbocycles. The van der Waals surface area contributed by atoms with Gasteiger partial charge in [-0.05, 0) is 66.6 Å². The Kier molecular flexibility index (Phi) is 8.32. The number of amides is 1. The van der Waals surface area contributed by atoms with Crippen LogP contribution in [0.2, 0.25) is 10.0 Å². The van der Waals surface area contributed by atoms with E-state index in [2.05, 4.69) is 10.2 Å². The Morgan fingerprint density at radius 2 is 1.70 bits per heavy atom. The van der Waals surface area contributed by atoms with Gasteiger partial charge in [-0.1, -0.05) is 64.5 Å². The molecule has 1 saturated heterocycles. The first-order chi connectivity index (χ1) is 19.3. The van der Waals surface area contributed by atoms with Gasteiger partial charge < -0.3 is 14.9 Å². The van der Waals surface area contributed by atoms with Crippen molar-refractivity contribution in [1.29, 1.82) is 0 Å². The van der Waals surface area contributed by atoms with Gasteiger partial charge in [-0.3, -0.25) is 14.5 Å². The van der Waals surface area contributed by atoms with Gasteiger partial charge in [0.05, 0.1) is 18.2 Å². The second kappa shape index (κ2) is 11.9. The normalized spacial score (nSPS) is 16.5. The molecular weight excluding hydrogens is 593 g/mol. The zero-order chi connectivity index (χ0) is 28.4. The lowest BCUT2D eigenvalue weighted by Crippen LogP contribution is -2.29. The number of benzene rings is 3. The number of aromatic hydroxyl groups is 1. The molecule has 0 radical (unpaired) electrons. The number of nitrogens with zero attached hydrogens (tertiary/aromatic N) is 3. The lowest BCUT2D eigenvalue weighted by atomic mass is 9.95. The van der Waals surface area contributed by atoms with Crippen molar-refractivity contribution in [1.82, 2.24) is 10.2 Å². The number of thioether (sulfide) groups is 1. The van der Waals surface area contributed by atoms with Gasteiger partial charge in [-0.15, -0.1) is 10.2 Å². The number of halogens is 2. The molecule has 0 spiro atoms. The Balaban J connectivity index is 1.56. The van der Waals surface area contributed by atoms with Crippen LogP contribution in [0, 0.1) is 0 Å². The third-order valence-corrected chi connectivity index (χ3v) is 8.67. The van der Waals surface area contributed by atoms with Crippen LogP contribution in [0.4, 0.5) is 5.13 Å². The fourth-order valence-corrected chi connectivity index (χ4v) is 6.24. The molecule has 5 rings (SSSR count). The molecule has 12 heteroatoms. The number of aromatic nitrogens is 2. The third-order valence-electron chi connectivity index (χ3n) is 6.04. The van der Waals surface area contributed by atoms with E-state index < -0.39 is 17.7 Å². The van der Waals surface area contributed by atoms with E-state index in [1.165, 1.54) is 28.8 Å². The SMILES string of the molecule is CCOc1cc(C2/C(=C(/O)c3ccc(Cl)cc3)C(=O)C(=O)N2c2nnc(SCc3ccc(Cl)cc3)s2)ccc1O. The lowest BCUT2D eigenvalue weighted by molar-refractivity contribution is -0.132. The quantitative estimate of drug-likeness (QED) is 0.0727. The van der Waals surface area contributed by atoms with E-state index in [1.807, 2.05) is 12.1 Å². The number of aliphatic hydroxyl groups excluding tert-OH is 1. The zero-order valence-corrected chi connectivity index (χ0v) is 24.0. The molecule has 1 unspecified atom stereocenters. The van der Waals surface area contributed by atoms with Gasteiger partial charge in [0.25, 0.3) is 5.78 Å². The molecule has 1 amide bonds. The summed E-state index contributed by atoms with van der Waals surface area (Å²) in [5, 5.41) is 31.3. The van der Waals surface area contributed by atoms with Crippen molar-refractivity contribution in [3.05, 3.63) is 99.0 Å². The maximum absolute atomic E-state index is 13.4. The fraction of sp³-hybridized carbons (Fsp3) is 0.143. The van der Waals surface area contributed by atoms with Crippen LogP contribution < -0.4 is 9.64 Å². The molecule has 1 atom stereocenters. The monoisotopic (exact) mass is 613 g/mol. The molecule has 0 saturated carbocycles. The highest BCUT2D eigenvalue weighted by Gasteiger charge is 2.48. The molecule has 0 bridgehead atoms. The van der Waals surface area contributed by atoms with Crippen molar-refractivity contribution < 1.29 is 24.5 Å². The van der Waals surface area contributed by atoms with Gasteiger partial charge in [0.2, 0.25) is 5.13 Å². The van der Waals surface area contributed by atoms with Crippen LogP contribution in [-0.4, -0.2) is 38.7 Å². The highest BCUT2D eigenvalue weighted by atomic mass is 35.5. The maximum Gasteiger partial charge on any atom is 0.301 e. The smallest absolute Gasteiger partial charge is 0.301 e. The molecule has 4 aromatic rings. The molecular formula is C28H21Cl2N3O5S2. The van der Waals surface area contributed by atoms with Crippen molar-refractivity contribution >= 4 is 68.9 Å². The second-order valence-corrected chi connectivity index (χ2v) is 11.7. The summed E-state index contributed by atoms with van der Waals surface area (Å²) < 4.78 is 6.13. The summed E-state index contributed by atoms with van der Waals surface area (Å²) in [6, 6.07) is 17.1. The van der Waals surface area contributed by atoms with Crippen molar-refractivity contribution in [3.8, 4) is 11.5 Å². The van der Waals surface area contributed by atoms with Gasteiger partial charge >= 0.3 is 5.91 Å². The van der Waals surface area contributed by atoms with Gasteiger partial charge in [0, 0.05) is 21.4 Å². The predicted octanol–water partition coefficient (Wildman–Crippen LogP) is 6.87. The minimum absolute atomic E-state index is 0.1000. The number of anilines is 1. The van der Waals surface area contributed by atoms with Crippen LogP contribution in [0.25, 0.3) is 5.76 Å². The van der Waals surface area contributed by atoms with E-state index in [0.717, 1.165) is 16.9 Å². The lowest BCUT2D eigenvalue weighted by Gasteiger charge is -2.23. The number of ether oxygens (including phenoxy) is 1. The van der Waals surface area contributed by atoms with Crippen LogP contribution >= 0.6 is 46.3 Å². The number of phenols is 1. The van der Waals surface area contributed by atoms with Crippen LogP contribution in [-0.2, 0) is 15.3 Å². The van der Waals surface area contributed by atoms with E-state index >= 15 is 0 Å². The van der Waals surface area contributed by atoms with Gasteiger partial charge in [-0.25, -0.2) is 0 Å². The Morgan fingerprint density at radius 1 is 1.02 bits per heavy atom. The van der Waals surface area contributed by atoms with Crippen LogP contribution in [0.3, 0.4) is 0 Å². The summed E-state index contributed by atoms with van der Waals surface area (Å²) in [6.45, 7) is 2.05. The Labute approximate surface area is 247 Å². The van der Waals surface area contributed by atoms with Crippen molar-refractivity contribution in [2.45, 2.75) is 23.1 Å². The summed E-state index contributed by atoms with van der Waals surface area (Å²) >= 11 is 14.6. The summed E-state index contributed by atoms with van der Waals surface area (Å²) in [5.41, 5.74) is 1.64. The van der Waals surface area contributed by atoms with Gasteiger partial charge in [0.15, 0.2) is 15.8 Å². The fourth-order valence-electron chi connectivity index (χ4n) is 4.16. The highest BCUT2D eigenvalue weighted by Crippen LogP contribution is 2.45. The zero-order valence-electron chi connectivity index (χ0n) is 20.9. The number of Topliss-reactive ketones (excluding diaryl/α,β-unsaturated/α-hetero) is 1. The van der Waals surface area contributed by atoms with Crippen LogP contribution in [0.1, 0.15) is 29.7 Å². The van der Waals surface area contributed by atoms with E-state index in [-0.39, 0.29) is 34.6 Å². The summed E-state index contributed by atoms with van der Waals surface area (Å²) in [6.07, 6.45) is 0. The van der Waals surface area contributed by atoms with Gasteiger partial charge in [-0.2, -0.15) is 0 Å². The van der Waals surface area contributed by atoms with Crippen molar-refractivity contribution in [2.75, 3.05) is 11.5 Å². The van der Waals surface area contributed by atoms with Crippen LogP contribution in [0.5, 0.6) is 11.5 Å². The molecule has 8 nitrogen and oxygen atoms in total. The van der Waals surface area contributed by atoms with Gasteiger partial charge in [0.1, 0.15) is 5.76 Å². The summed E-state index contributed by atoms with van der Waals surface area (Å²) in [4.78, 5) is 28.1. The Morgan fingerprint density at radius 3 is 2.38 bits per heavy atom. The molecule has 1 fully saturated rings. The van der Waals surface area contributed by atoms with Crippen molar-refractivity contribution in [3.63, 3.8) is 0 Å². The third kappa shape index (κ3) is 5.66. The number of ketones is 1. The standard InChI is InChI=1S/C28H21Cl2N3O5S2/c1-2-38-21-13-17(7-12-20(21)34)23-22(24(35)16-5-10-19(30)11-6-16)25(36)26(37)33(23)27-31-32-28(40-27)39-14-15-3-8-18(29)9-4-15/h3-13,23,34-35H,2,14H2,1H3/b24-22-. The van der Waals surface area contributed by atoms with E-state index in [9.17, 15) is 19.8 Å². The average Bonchev–Trinajstić information content (AvgIpc) is 3.52. The van der Waals surface area contributed by atoms with E-state index in [4.69, 9.17) is 27.9 Å². The summed E-state index contributed by atoms with van der Waals surface area (Å²) in [7, 11) is 0. The van der Waals surface area contributed by atoms with E-state index in [1.54, 1.807) is 49.4 Å². The number of aliphatic hydroxyl groups is 1. The number of hydrogen-bond acceptors (Lipinski definition) is 9. The first-order valence-corrected chi connectivity index (χ1v) is 14.6. The Bertz CT molecular complexity index is 1610.